The zero-order valence-corrected chi connectivity index (χ0v) is 17.9. The average Bonchev–Trinajstić information content (AvgIpc) is 3.19. The summed E-state index contributed by atoms with van der Waals surface area (Å²) in [6.45, 7) is 0. The first-order valence-electron chi connectivity index (χ1n) is 10.5. The molecule has 0 bridgehead atoms. The Kier molecular flexibility index (Phi) is 4.48. The maximum absolute atomic E-state index is 6.39. The van der Waals surface area contributed by atoms with Gasteiger partial charge in [-0.1, -0.05) is 90.5 Å². The molecule has 0 N–H and O–H groups in total. The van der Waals surface area contributed by atoms with Crippen LogP contribution in [0, 0.1) is 0 Å². The molecular weight excluding hydrogens is 414 g/mol. The second-order valence-electron chi connectivity index (χ2n) is 7.69. The highest BCUT2D eigenvalue weighted by atomic mass is 35.5. The van der Waals surface area contributed by atoms with Crippen LogP contribution in [0.4, 0.5) is 0 Å². The smallest absolute Gasteiger partial charge is 0.161 e. The summed E-state index contributed by atoms with van der Waals surface area (Å²) in [6.07, 6.45) is 0. The molecule has 0 saturated carbocycles. The lowest BCUT2D eigenvalue weighted by atomic mass is 10.1. The Morgan fingerprint density at radius 3 is 1.91 bits per heavy atom. The average molecular weight is 432 g/mol. The van der Waals surface area contributed by atoms with E-state index in [0.717, 1.165) is 22.5 Å². The van der Waals surface area contributed by atoms with E-state index in [2.05, 4.69) is 82.3 Å². The zero-order chi connectivity index (χ0) is 21.5. The summed E-state index contributed by atoms with van der Waals surface area (Å²) in [4.78, 5) is 9.25. The topological polar surface area (TPSA) is 30.7 Å². The SMILES string of the molecule is Clc1cc(-c2cccc(-n3c4ccccc4c4ccccc43)c2)nc(-c2ccccc2)n1. The number of nitrogens with zero attached hydrogens (tertiary/aromatic N) is 3. The van der Waals surface area contributed by atoms with Gasteiger partial charge in [0.2, 0.25) is 0 Å². The van der Waals surface area contributed by atoms with Crippen molar-refractivity contribution < 1.29 is 0 Å². The first-order valence-corrected chi connectivity index (χ1v) is 10.8. The molecule has 0 saturated heterocycles. The summed E-state index contributed by atoms with van der Waals surface area (Å²) in [5, 5.41) is 2.91. The maximum Gasteiger partial charge on any atom is 0.161 e. The van der Waals surface area contributed by atoms with Crippen molar-refractivity contribution in [3.63, 3.8) is 0 Å². The van der Waals surface area contributed by atoms with Crippen LogP contribution in [0.1, 0.15) is 0 Å². The molecule has 3 nitrogen and oxygen atoms in total. The Hall–Kier alpha value is -3.95. The van der Waals surface area contributed by atoms with Gasteiger partial charge in [0, 0.05) is 33.7 Å². The Balaban J connectivity index is 1.54. The van der Waals surface area contributed by atoms with E-state index in [1.807, 2.05) is 36.4 Å². The summed E-state index contributed by atoms with van der Waals surface area (Å²) >= 11 is 6.39. The lowest BCUT2D eigenvalue weighted by Crippen LogP contribution is -1.96. The molecule has 0 radical (unpaired) electrons. The molecule has 6 aromatic rings. The van der Waals surface area contributed by atoms with Crippen molar-refractivity contribution in [3.05, 3.63) is 114 Å². The molecule has 0 unspecified atom stereocenters. The molecule has 4 aromatic carbocycles. The van der Waals surface area contributed by atoms with Gasteiger partial charge in [-0.05, 0) is 24.3 Å². The van der Waals surface area contributed by atoms with E-state index in [4.69, 9.17) is 16.6 Å². The second kappa shape index (κ2) is 7.63. The third-order valence-corrected chi connectivity index (χ3v) is 5.90. The van der Waals surface area contributed by atoms with Crippen LogP contribution in [0.3, 0.4) is 0 Å². The molecule has 0 fully saturated rings. The molecule has 0 aliphatic heterocycles. The molecule has 152 valence electrons. The standard InChI is InChI=1S/C28H18ClN3/c29-27-18-24(30-28(31-27)19-9-2-1-3-10-19)20-11-8-12-21(17-20)32-25-15-6-4-13-22(25)23-14-5-7-16-26(23)32/h1-18H. The van der Waals surface area contributed by atoms with Gasteiger partial charge in [0.25, 0.3) is 0 Å². The summed E-state index contributed by atoms with van der Waals surface area (Å²) < 4.78 is 2.30. The Morgan fingerprint density at radius 1 is 0.562 bits per heavy atom. The highest BCUT2D eigenvalue weighted by Crippen LogP contribution is 2.33. The number of rotatable bonds is 3. The van der Waals surface area contributed by atoms with Crippen LogP contribution >= 0.6 is 11.6 Å². The van der Waals surface area contributed by atoms with Crippen molar-refractivity contribution in [2.75, 3.05) is 0 Å². The number of hydrogen-bond acceptors (Lipinski definition) is 2. The van der Waals surface area contributed by atoms with Crippen LogP contribution in [0.2, 0.25) is 5.15 Å². The van der Waals surface area contributed by atoms with Gasteiger partial charge in [-0.25, -0.2) is 9.97 Å². The lowest BCUT2D eigenvalue weighted by molar-refractivity contribution is 1.16. The predicted octanol–water partition coefficient (Wildman–Crippen LogP) is 7.56. The first-order chi connectivity index (χ1) is 15.8. The molecule has 32 heavy (non-hydrogen) atoms. The minimum Gasteiger partial charge on any atom is -0.309 e. The van der Waals surface area contributed by atoms with Gasteiger partial charge in [0.1, 0.15) is 5.15 Å². The molecule has 6 rings (SSSR count). The van der Waals surface area contributed by atoms with E-state index in [1.54, 1.807) is 0 Å². The van der Waals surface area contributed by atoms with Gasteiger partial charge in [-0.3, -0.25) is 0 Å². The summed E-state index contributed by atoms with van der Waals surface area (Å²) in [5.41, 5.74) is 6.16. The van der Waals surface area contributed by atoms with Crippen LogP contribution in [0.15, 0.2) is 109 Å². The number of fused-ring (bicyclic) bond motifs is 3. The quantitative estimate of drug-likeness (QED) is 0.270. The van der Waals surface area contributed by atoms with E-state index in [-0.39, 0.29) is 0 Å². The normalized spacial score (nSPS) is 11.3. The Bertz CT molecular complexity index is 1530. The van der Waals surface area contributed by atoms with E-state index in [9.17, 15) is 0 Å². The number of benzene rings is 4. The molecule has 4 heteroatoms. The first kappa shape index (κ1) is 18.8. The third-order valence-electron chi connectivity index (χ3n) is 5.71. The fourth-order valence-corrected chi connectivity index (χ4v) is 4.47. The van der Waals surface area contributed by atoms with E-state index in [0.29, 0.717) is 11.0 Å². The number of halogens is 1. The summed E-state index contributed by atoms with van der Waals surface area (Å²) in [6, 6.07) is 37.1. The Labute approximate surface area is 190 Å². The highest BCUT2D eigenvalue weighted by molar-refractivity contribution is 6.29. The van der Waals surface area contributed by atoms with Crippen molar-refractivity contribution in [2.24, 2.45) is 0 Å². The molecule has 2 aromatic heterocycles. The minimum absolute atomic E-state index is 0.427. The summed E-state index contributed by atoms with van der Waals surface area (Å²) in [5.74, 6) is 0.621. The van der Waals surface area contributed by atoms with Crippen LogP contribution in [-0.2, 0) is 0 Å². The fourth-order valence-electron chi connectivity index (χ4n) is 4.29. The monoisotopic (exact) mass is 431 g/mol. The van der Waals surface area contributed by atoms with Gasteiger partial charge in [0.05, 0.1) is 16.7 Å². The van der Waals surface area contributed by atoms with Crippen molar-refractivity contribution in [2.45, 2.75) is 0 Å². The predicted molar refractivity (Wildman–Crippen MR) is 132 cm³/mol. The van der Waals surface area contributed by atoms with Crippen LogP contribution in [0.5, 0.6) is 0 Å². The number of hydrogen-bond donors (Lipinski definition) is 0. The molecule has 0 spiro atoms. The summed E-state index contributed by atoms with van der Waals surface area (Å²) in [7, 11) is 0. The number of aromatic nitrogens is 3. The van der Waals surface area contributed by atoms with Crippen molar-refractivity contribution >= 4 is 33.4 Å². The molecule has 0 aliphatic carbocycles. The molecule has 0 atom stereocenters. The van der Waals surface area contributed by atoms with Gasteiger partial charge < -0.3 is 4.57 Å². The van der Waals surface area contributed by atoms with Crippen molar-refractivity contribution in [1.29, 1.82) is 0 Å². The van der Waals surface area contributed by atoms with E-state index < -0.39 is 0 Å². The largest absolute Gasteiger partial charge is 0.309 e. The molecular formula is C28H18ClN3. The Morgan fingerprint density at radius 2 is 1.19 bits per heavy atom. The lowest BCUT2D eigenvalue weighted by Gasteiger charge is -2.11. The van der Waals surface area contributed by atoms with Gasteiger partial charge in [-0.2, -0.15) is 0 Å². The van der Waals surface area contributed by atoms with E-state index in [1.165, 1.54) is 21.8 Å². The highest BCUT2D eigenvalue weighted by Gasteiger charge is 2.13. The van der Waals surface area contributed by atoms with E-state index >= 15 is 0 Å². The van der Waals surface area contributed by atoms with Crippen LogP contribution in [0.25, 0.3) is 50.1 Å². The van der Waals surface area contributed by atoms with Crippen LogP contribution in [-0.4, -0.2) is 14.5 Å². The third kappa shape index (κ3) is 3.15. The van der Waals surface area contributed by atoms with Crippen molar-refractivity contribution in [1.82, 2.24) is 14.5 Å². The maximum atomic E-state index is 6.39. The zero-order valence-electron chi connectivity index (χ0n) is 17.1. The second-order valence-corrected chi connectivity index (χ2v) is 8.07. The number of para-hydroxylation sites is 2. The van der Waals surface area contributed by atoms with Gasteiger partial charge in [-0.15, -0.1) is 0 Å². The van der Waals surface area contributed by atoms with Gasteiger partial charge in [0.15, 0.2) is 5.82 Å². The molecule has 0 aliphatic rings. The molecule has 2 heterocycles. The molecule has 0 amide bonds. The van der Waals surface area contributed by atoms with Gasteiger partial charge >= 0.3 is 0 Å². The fraction of sp³-hybridized carbons (Fsp3) is 0. The van der Waals surface area contributed by atoms with Crippen molar-refractivity contribution in [3.8, 4) is 28.3 Å². The van der Waals surface area contributed by atoms with Crippen LogP contribution < -0.4 is 0 Å². The minimum atomic E-state index is 0.427.